The molecule has 0 radical (unpaired) electrons. The van der Waals surface area contributed by atoms with Gasteiger partial charge in [0.05, 0.1) is 0 Å². The summed E-state index contributed by atoms with van der Waals surface area (Å²) in [6.07, 6.45) is 3.10. The van der Waals surface area contributed by atoms with Gasteiger partial charge in [-0.05, 0) is 25.3 Å². The first-order chi connectivity index (χ1) is 8.54. The molecule has 1 nitrogen and oxygen atoms in total. The Kier molecular flexibility index (Phi) is 3.95. The highest BCUT2D eigenvalue weighted by molar-refractivity contribution is 5.25. The molecular formula is C14H18F3N. The Hall–Kier alpha value is -1.03. The summed E-state index contributed by atoms with van der Waals surface area (Å²) in [5.41, 5.74) is -0.0300. The normalized spacial score (nSPS) is 25.4. The number of hydrogen-bond acceptors (Lipinski definition) is 1. The molecule has 3 atom stereocenters. The van der Waals surface area contributed by atoms with E-state index < -0.39 is 17.5 Å². The Bertz CT molecular complexity index is 410. The fourth-order valence-electron chi connectivity index (χ4n) is 3.09. The lowest BCUT2D eigenvalue weighted by Gasteiger charge is -2.27. The maximum Gasteiger partial charge on any atom is 0.133 e. The maximum absolute atomic E-state index is 13.8. The van der Waals surface area contributed by atoms with Crippen LogP contribution in [0.1, 0.15) is 37.8 Å². The van der Waals surface area contributed by atoms with E-state index >= 15 is 0 Å². The smallest absolute Gasteiger partial charge is 0.133 e. The summed E-state index contributed by atoms with van der Waals surface area (Å²) in [7, 11) is 1.69. The molecular weight excluding hydrogens is 239 g/mol. The minimum absolute atomic E-state index is 0.0300. The van der Waals surface area contributed by atoms with Crippen LogP contribution in [0.2, 0.25) is 0 Å². The van der Waals surface area contributed by atoms with E-state index in [1.54, 1.807) is 7.05 Å². The van der Waals surface area contributed by atoms with Crippen molar-refractivity contribution in [1.29, 1.82) is 0 Å². The first kappa shape index (κ1) is 13.4. The summed E-state index contributed by atoms with van der Waals surface area (Å²) in [6.45, 7) is 2.10. The van der Waals surface area contributed by atoms with Crippen LogP contribution in [0.25, 0.3) is 0 Å². The Balaban J connectivity index is 2.38. The van der Waals surface area contributed by atoms with Crippen molar-refractivity contribution < 1.29 is 13.2 Å². The Morgan fingerprint density at radius 3 is 2.22 bits per heavy atom. The molecule has 0 saturated heterocycles. The summed E-state index contributed by atoms with van der Waals surface area (Å²) in [5, 5.41) is 2.99. The Labute approximate surface area is 105 Å². The first-order valence-corrected chi connectivity index (χ1v) is 6.36. The van der Waals surface area contributed by atoms with Crippen molar-refractivity contribution in [2.75, 3.05) is 7.05 Å². The fraction of sp³-hybridized carbons (Fsp3) is 0.571. The fourth-order valence-corrected chi connectivity index (χ4v) is 3.09. The van der Waals surface area contributed by atoms with E-state index in [0.717, 1.165) is 31.4 Å². The summed E-state index contributed by atoms with van der Waals surface area (Å²) in [6, 6.07) is 1.12. The number of hydrogen-bond donors (Lipinski definition) is 1. The van der Waals surface area contributed by atoms with E-state index in [1.165, 1.54) is 0 Å². The van der Waals surface area contributed by atoms with Gasteiger partial charge >= 0.3 is 0 Å². The first-order valence-electron chi connectivity index (χ1n) is 6.36. The van der Waals surface area contributed by atoms with Crippen LogP contribution < -0.4 is 5.32 Å². The van der Waals surface area contributed by atoms with Crippen LogP contribution in [0.15, 0.2) is 12.1 Å². The molecule has 1 aromatic rings. The van der Waals surface area contributed by atoms with E-state index in [9.17, 15) is 13.2 Å². The molecule has 1 aromatic carbocycles. The second-order valence-electron chi connectivity index (χ2n) is 5.12. The zero-order valence-corrected chi connectivity index (χ0v) is 10.6. The summed E-state index contributed by atoms with van der Waals surface area (Å²) < 4.78 is 40.5. The van der Waals surface area contributed by atoms with Crippen molar-refractivity contribution in [1.82, 2.24) is 5.32 Å². The Morgan fingerprint density at radius 2 is 1.78 bits per heavy atom. The monoisotopic (exact) mass is 257 g/mol. The third-order valence-corrected chi connectivity index (χ3v) is 4.02. The standard InChI is InChI=1S/C14H18F3N/c1-8-4-3-5-10(8)14(18-2)13-11(16)6-9(15)7-12(13)17/h6-8,10,14,18H,3-5H2,1-2H3. The molecule has 4 heteroatoms. The highest BCUT2D eigenvalue weighted by Gasteiger charge is 2.34. The molecule has 1 fully saturated rings. The molecule has 1 saturated carbocycles. The molecule has 1 N–H and O–H groups in total. The predicted octanol–water partition coefficient (Wildman–Crippen LogP) is 3.80. The SMILES string of the molecule is CNC(c1c(F)cc(F)cc1F)C1CCCC1C. The second-order valence-corrected chi connectivity index (χ2v) is 5.12. The van der Waals surface area contributed by atoms with Gasteiger partial charge in [0.1, 0.15) is 17.5 Å². The third kappa shape index (κ3) is 2.39. The van der Waals surface area contributed by atoms with Crippen LogP contribution in [0.4, 0.5) is 13.2 Å². The highest BCUT2D eigenvalue weighted by Crippen LogP contribution is 2.41. The lowest BCUT2D eigenvalue weighted by Crippen LogP contribution is -2.28. The van der Waals surface area contributed by atoms with E-state index in [2.05, 4.69) is 12.2 Å². The number of rotatable bonds is 3. The molecule has 0 heterocycles. The van der Waals surface area contributed by atoms with Gasteiger partial charge < -0.3 is 5.32 Å². The average molecular weight is 257 g/mol. The topological polar surface area (TPSA) is 12.0 Å². The summed E-state index contributed by atoms with van der Waals surface area (Å²) in [4.78, 5) is 0. The number of benzene rings is 1. The largest absolute Gasteiger partial charge is 0.313 e. The molecule has 1 aliphatic carbocycles. The van der Waals surface area contributed by atoms with Gasteiger partial charge in [-0.15, -0.1) is 0 Å². The predicted molar refractivity (Wildman–Crippen MR) is 64.6 cm³/mol. The van der Waals surface area contributed by atoms with Gasteiger partial charge in [-0.1, -0.05) is 19.8 Å². The van der Waals surface area contributed by atoms with E-state index in [1.807, 2.05) is 0 Å². The number of nitrogens with one attached hydrogen (secondary N) is 1. The van der Waals surface area contributed by atoms with Gasteiger partial charge in [-0.3, -0.25) is 0 Å². The zero-order valence-electron chi connectivity index (χ0n) is 10.6. The molecule has 100 valence electrons. The second kappa shape index (κ2) is 5.31. The van der Waals surface area contributed by atoms with E-state index in [-0.39, 0.29) is 17.5 Å². The molecule has 0 bridgehead atoms. The minimum atomic E-state index is -0.872. The van der Waals surface area contributed by atoms with E-state index in [4.69, 9.17) is 0 Å². The summed E-state index contributed by atoms with van der Waals surface area (Å²) in [5.74, 6) is -1.85. The van der Waals surface area contributed by atoms with Crippen molar-refractivity contribution in [3.63, 3.8) is 0 Å². The van der Waals surface area contributed by atoms with Crippen molar-refractivity contribution >= 4 is 0 Å². The van der Waals surface area contributed by atoms with Crippen molar-refractivity contribution in [2.24, 2.45) is 11.8 Å². The average Bonchev–Trinajstić information content (AvgIpc) is 2.69. The quantitative estimate of drug-likeness (QED) is 0.868. The molecule has 0 aliphatic heterocycles. The minimum Gasteiger partial charge on any atom is -0.313 e. The van der Waals surface area contributed by atoms with Crippen molar-refractivity contribution in [3.8, 4) is 0 Å². The maximum atomic E-state index is 13.8. The van der Waals surface area contributed by atoms with E-state index in [0.29, 0.717) is 5.92 Å². The highest BCUT2D eigenvalue weighted by atomic mass is 19.1. The lowest BCUT2D eigenvalue weighted by atomic mass is 9.85. The molecule has 0 aromatic heterocycles. The molecule has 0 amide bonds. The third-order valence-electron chi connectivity index (χ3n) is 4.02. The van der Waals surface area contributed by atoms with Gasteiger partial charge in [-0.2, -0.15) is 0 Å². The number of halogens is 3. The van der Waals surface area contributed by atoms with Gasteiger partial charge in [0.25, 0.3) is 0 Å². The van der Waals surface area contributed by atoms with Gasteiger partial charge in [0.15, 0.2) is 0 Å². The van der Waals surface area contributed by atoms with Crippen molar-refractivity contribution in [3.05, 3.63) is 35.1 Å². The Morgan fingerprint density at radius 1 is 1.17 bits per heavy atom. The van der Waals surface area contributed by atoms with Crippen molar-refractivity contribution in [2.45, 2.75) is 32.2 Å². The lowest BCUT2D eigenvalue weighted by molar-refractivity contribution is 0.300. The molecule has 3 unspecified atom stereocenters. The molecule has 2 rings (SSSR count). The molecule has 1 aliphatic rings. The van der Waals surface area contributed by atoms with Gasteiger partial charge in [0, 0.05) is 23.7 Å². The van der Waals surface area contributed by atoms with Crippen LogP contribution in [0, 0.1) is 29.3 Å². The van der Waals surface area contributed by atoms with Crippen LogP contribution in [-0.4, -0.2) is 7.05 Å². The van der Waals surface area contributed by atoms with Gasteiger partial charge in [0.2, 0.25) is 0 Å². The van der Waals surface area contributed by atoms with Crippen LogP contribution in [-0.2, 0) is 0 Å². The summed E-state index contributed by atoms with van der Waals surface area (Å²) >= 11 is 0. The van der Waals surface area contributed by atoms with Crippen LogP contribution >= 0.6 is 0 Å². The van der Waals surface area contributed by atoms with Gasteiger partial charge in [-0.25, -0.2) is 13.2 Å². The van der Waals surface area contributed by atoms with Crippen LogP contribution in [0.3, 0.4) is 0 Å². The molecule has 0 spiro atoms. The zero-order chi connectivity index (χ0) is 13.3. The molecule has 18 heavy (non-hydrogen) atoms. The van der Waals surface area contributed by atoms with Crippen LogP contribution in [0.5, 0.6) is 0 Å².